The Morgan fingerprint density at radius 2 is 2.27 bits per heavy atom. The van der Waals surface area contributed by atoms with Gasteiger partial charge >= 0.3 is 0 Å². The maximum Gasteiger partial charge on any atom is 0.150 e. The minimum absolute atomic E-state index is 0.768. The summed E-state index contributed by atoms with van der Waals surface area (Å²) in [5.74, 6) is 1.88. The molecular formula is C11H20N4. The molecule has 1 aliphatic rings. The molecule has 0 amide bonds. The lowest BCUT2D eigenvalue weighted by Crippen LogP contribution is -2.22. The minimum atomic E-state index is 0.768. The first-order valence-electron chi connectivity index (χ1n) is 5.69. The van der Waals surface area contributed by atoms with Crippen LogP contribution in [0.1, 0.15) is 26.0 Å². The summed E-state index contributed by atoms with van der Waals surface area (Å²) in [6.07, 6.45) is 2.16. The number of aromatic nitrogens is 2. The Balaban J connectivity index is 2.31. The summed E-state index contributed by atoms with van der Waals surface area (Å²) in [5.41, 5.74) is 8.00. The summed E-state index contributed by atoms with van der Waals surface area (Å²) in [6.45, 7) is 6.59. The molecule has 0 bridgehead atoms. The molecule has 1 fully saturated rings. The zero-order valence-corrected chi connectivity index (χ0v) is 9.82. The third-order valence-corrected chi connectivity index (χ3v) is 3.19. The van der Waals surface area contributed by atoms with E-state index in [0.717, 1.165) is 42.6 Å². The van der Waals surface area contributed by atoms with Crippen molar-refractivity contribution in [1.29, 1.82) is 0 Å². The fraction of sp³-hybridized carbons (Fsp3) is 0.727. The van der Waals surface area contributed by atoms with Crippen molar-refractivity contribution in [2.24, 2.45) is 13.0 Å². The van der Waals surface area contributed by atoms with Crippen LogP contribution in [0.25, 0.3) is 0 Å². The van der Waals surface area contributed by atoms with Crippen LogP contribution in [0.2, 0.25) is 0 Å². The van der Waals surface area contributed by atoms with Crippen LogP contribution in [0.5, 0.6) is 0 Å². The number of nitrogen functional groups attached to an aromatic ring is 1. The van der Waals surface area contributed by atoms with Gasteiger partial charge in [0.15, 0.2) is 0 Å². The van der Waals surface area contributed by atoms with Crippen molar-refractivity contribution in [2.45, 2.75) is 26.7 Å². The molecule has 1 unspecified atom stereocenters. The van der Waals surface area contributed by atoms with E-state index in [9.17, 15) is 0 Å². The fourth-order valence-corrected chi connectivity index (χ4v) is 2.35. The molecule has 2 rings (SSSR count). The van der Waals surface area contributed by atoms with E-state index in [2.05, 4.69) is 23.8 Å². The molecule has 1 atom stereocenters. The molecule has 84 valence electrons. The first kappa shape index (κ1) is 10.3. The first-order chi connectivity index (χ1) is 7.13. The summed E-state index contributed by atoms with van der Waals surface area (Å²) >= 11 is 0. The lowest BCUT2D eigenvalue weighted by atomic mass is 10.2. The topological polar surface area (TPSA) is 47.1 Å². The molecule has 4 heteroatoms. The standard InChI is InChI=1S/C11H20N4/c1-4-9-10(12)11(14(3)13-9)15-6-5-8(2)7-15/h8H,4-7,12H2,1-3H3. The molecule has 2 N–H and O–H groups in total. The Labute approximate surface area is 91.1 Å². The SMILES string of the molecule is CCc1nn(C)c(N2CCC(C)C2)c1N. The van der Waals surface area contributed by atoms with Gasteiger partial charge in [0.05, 0.1) is 11.4 Å². The van der Waals surface area contributed by atoms with E-state index < -0.39 is 0 Å². The Kier molecular flexibility index (Phi) is 2.59. The first-order valence-corrected chi connectivity index (χ1v) is 5.69. The second kappa shape index (κ2) is 3.76. The lowest BCUT2D eigenvalue weighted by Gasteiger charge is -2.18. The number of aryl methyl sites for hydroxylation is 2. The maximum atomic E-state index is 6.11. The van der Waals surface area contributed by atoms with Gasteiger partial charge in [0.1, 0.15) is 5.82 Å². The van der Waals surface area contributed by atoms with Crippen molar-refractivity contribution < 1.29 is 0 Å². The second-order valence-corrected chi connectivity index (χ2v) is 4.50. The molecule has 1 aliphatic heterocycles. The fourth-order valence-electron chi connectivity index (χ4n) is 2.35. The maximum absolute atomic E-state index is 6.11. The van der Waals surface area contributed by atoms with Gasteiger partial charge in [-0.3, -0.25) is 4.68 Å². The molecule has 0 saturated carbocycles. The van der Waals surface area contributed by atoms with Gasteiger partial charge in [-0.15, -0.1) is 0 Å². The molecule has 1 aromatic rings. The number of nitrogens with two attached hydrogens (primary N) is 1. The number of hydrogen-bond acceptors (Lipinski definition) is 3. The van der Waals surface area contributed by atoms with Gasteiger partial charge in [-0.05, 0) is 18.8 Å². The van der Waals surface area contributed by atoms with Gasteiger partial charge in [0, 0.05) is 20.1 Å². The normalized spacial score (nSPS) is 21.3. The van der Waals surface area contributed by atoms with Crippen LogP contribution < -0.4 is 10.6 Å². The molecule has 4 nitrogen and oxygen atoms in total. The van der Waals surface area contributed by atoms with Crippen LogP contribution in [-0.2, 0) is 13.5 Å². The second-order valence-electron chi connectivity index (χ2n) is 4.50. The number of hydrogen-bond donors (Lipinski definition) is 1. The third kappa shape index (κ3) is 1.68. The number of nitrogens with zero attached hydrogens (tertiary/aromatic N) is 3. The predicted octanol–water partition coefficient (Wildman–Crippen LogP) is 1.41. The molecule has 0 radical (unpaired) electrons. The monoisotopic (exact) mass is 208 g/mol. The van der Waals surface area contributed by atoms with Crippen molar-refractivity contribution >= 4 is 11.5 Å². The molecule has 1 aromatic heterocycles. The van der Waals surface area contributed by atoms with Crippen molar-refractivity contribution in [3.05, 3.63) is 5.69 Å². The number of anilines is 2. The van der Waals surface area contributed by atoms with Crippen molar-refractivity contribution in [3.63, 3.8) is 0 Å². The zero-order valence-electron chi connectivity index (χ0n) is 9.82. The van der Waals surface area contributed by atoms with Gasteiger partial charge in [0.2, 0.25) is 0 Å². The van der Waals surface area contributed by atoms with E-state index in [4.69, 9.17) is 5.73 Å². The largest absolute Gasteiger partial charge is 0.394 e. The molecule has 0 spiro atoms. The molecule has 2 heterocycles. The van der Waals surface area contributed by atoms with Crippen molar-refractivity contribution in [2.75, 3.05) is 23.7 Å². The van der Waals surface area contributed by atoms with E-state index in [1.807, 2.05) is 11.7 Å². The Bertz CT molecular complexity index is 356. The highest BCUT2D eigenvalue weighted by molar-refractivity contribution is 5.66. The third-order valence-electron chi connectivity index (χ3n) is 3.19. The highest BCUT2D eigenvalue weighted by Crippen LogP contribution is 2.30. The van der Waals surface area contributed by atoms with Crippen LogP contribution in [-0.4, -0.2) is 22.9 Å². The average molecular weight is 208 g/mol. The van der Waals surface area contributed by atoms with E-state index in [-0.39, 0.29) is 0 Å². The van der Waals surface area contributed by atoms with Crippen LogP contribution in [0.3, 0.4) is 0 Å². The summed E-state index contributed by atoms with van der Waals surface area (Å²) in [4.78, 5) is 2.35. The van der Waals surface area contributed by atoms with Crippen LogP contribution in [0.4, 0.5) is 11.5 Å². The number of rotatable bonds is 2. The highest BCUT2D eigenvalue weighted by Gasteiger charge is 2.24. The Hall–Kier alpha value is -1.19. The molecule has 1 saturated heterocycles. The van der Waals surface area contributed by atoms with E-state index in [1.165, 1.54) is 6.42 Å². The van der Waals surface area contributed by atoms with Crippen LogP contribution >= 0.6 is 0 Å². The molecule has 0 aliphatic carbocycles. The summed E-state index contributed by atoms with van der Waals surface area (Å²) < 4.78 is 1.92. The average Bonchev–Trinajstić information content (AvgIpc) is 2.71. The minimum Gasteiger partial charge on any atom is -0.394 e. The lowest BCUT2D eigenvalue weighted by molar-refractivity contribution is 0.655. The van der Waals surface area contributed by atoms with Gasteiger partial charge in [-0.25, -0.2) is 0 Å². The van der Waals surface area contributed by atoms with Gasteiger partial charge < -0.3 is 10.6 Å². The van der Waals surface area contributed by atoms with Gasteiger partial charge in [0.25, 0.3) is 0 Å². The predicted molar refractivity (Wildman–Crippen MR) is 63.0 cm³/mol. The smallest absolute Gasteiger partial charge is 0.150 e. The summed E-state index contributed by atoms with van der Waals surface area (Å²) in [7, 11) is 1.98. The zero-order chi connectivity index (χ0) is 11.0. The Morgan fingerprint density at radius 3 is 2.73 bits per heavy atom. The van der Waals surface area contributed by atoms with E-state index in [1.54, 1.807) is 0 Å². The van der Waals surface area contributed by atoms with Gasteiger partial charge in [-0.2, -0.15) is 5.10 Å². The molecule has 0 aromatic carbocycles. The van der Waals surface area contributed by atoms with Crippen LogP contribution in [0.15, 0.2) is 0 Å². The Morgan fingerprint density at radius 1 is 1.53 bits per heavy atom. The molecule has 15 heavy (non-hydrogen) atoms. The summed E-state index contributed by atoms with van der Waals surface area (Å²) in [6, 6.07) is 0. The van der Waals surface area contributed by atoms with Crippen molar-refractivity contribution in [1.82, 2.24) is 9.78 Å². The quantitative estimate of drug-likeness (QED) is 0.799. The highest BCUT2D eigenvalue weighted by atomic mass is 15.4. The van der Waals surface area contributed by atoms with Crippen molar-refractivity contribution in [3.8, 4) is 0 Å². The summed E-state index contributed by atoms with van der Waals surface area (Å²) in [5, 5.41) is 4.45. The van der Waals surface area contributed by atoms with Crippen LogP contribution in [0, 0.1) is 5.92 Å². The van der Waals surface area contributed by atoms with E-state index >= 15 is 0 Å². The van der Waals surface area contributed by atoms with E-state index in [0.29, 0.717) is 0 Å². The molecular weight excluding hydrogens is 188 g/mol. The van der Waals surface area contributed by atoms with Gasteiger partial charge in [-0.1, -0.05) is 13.8 Å².